The van der Waals surface area contributed by atoms with Crippen LogP contribution in [-0.2, 0) is 19.5 Å². The van der Waals surface area contributed by atoms with E-state index in [1.165, 1.54) is 0 Å². The summed E-state index contributed by atoms with van der Waals surface area (Å²) in [6, 6.07) is 5.28. The molecule has 2 aromatic heterocycles. The molecule has 0 radical (unpaired) electrons. The highest BCUT2D eigenvalue weighted by molar-refractivity contribution is 5.27. The average Bonchev–Trinajstić information content (AvgIpc) is 2.87. The van der Waals surface area contributed by atoms with E-state index in [1.807, 2.05) is 13.0 Å². The molecule has 0 saturated heterocycles. The molecule has 2 aromatic rings. The van der Waals surface area contributed by atoms with Gasteiger partial charge in [-0.3, -0.25) is 4.79 Å². The van der Waals surface area contributed by atoms with Gasteiger partial charge >= 0.3 is 0 Å². The number of nitriles is 1. The summed E-state index contributed by atoms with van der Waals surface area (Å²) >= 11 is 0. The van der Waals surface area contributed by atoms with E-state index < -0.39 is 0 Å². The van der Waals surface area contributed by atoms with Crippen molar-refractivity contribution >= 4 is 0 Å². The van der Waals surface area contributed by atoms with Crippen molar-refractivity contribution < 1.29 is 0 Å². The highest BCUT2D eigenvalue weighted by Gasteiger charge is 2.17. The third-order valence-corrected chi connectivity index (χ3v) is 3.75. The van der Waals surface area contributed by atoms with Gasteiger partial charge in [0.15, 0.2) is 5.82 Å². The largest absolute Gasteiger partial charge is 0.313 e. The van der Waals surface area contributed by atoms with Crippen LogP contribution in [0.5, 0.6) is 0 Å². The van der Waals surface area contributed by atoms with Crippen molar-refractivity contribution in [3.05, 3.63) is 45.4 Å². The zero-order chi connectivity index (χ0) is 14.1. The molecule has 1 aliphatic rings. The predicted molar refractivity (Wildman–Crippen MR) is 72.2 cm³/mol. The van der Waals surface area contributed by atoms with Crippen LogP contribution in [0.3, 0.4) is 0 Å². The van der Waals surface area contributed by atoms with Crippen LogP contribution in [0.25, 0.3) is 0 Å². The first-order valence-corrected chi connectivity index (χ1v) is 6.72. The van der Waals surface area contributed by atoms with Gasteiger partial charge in [-0.1, -0.05) is 0 Å². The van der Waals surface area contributed by atoms with Crippen LogP contribution in [0.4, 0.5) is 0 Å². The van der Waals surface area contributed by atoms with Crippen molar-refractivity contribution in [3.8, 4) is 6.07 Å². The second-order valence-electron chi connectivity index (χ2n) is 5.03. The number of aromatic nitrogens is 4. The molecule has 0 amide bonds. The number of nitrogens with zero attached hydrogens (tertiary/aromatic N) is 5. The van der Waals surface area contributed by atoms with Gasteiger partial charge in [-0.2, -0.15) is 5.26 Å². The minimum atomic E-state index is -0.263. The fraction of sp³-hybridized carbons (Fsp3) is 0.429. The Labute approximate surface area is 116 Å². The first-order chi connectivity index (χ1) is 9.70. The highest BCUT2D eigenvalue weighted by Crippen LogP contribution is 2.15. The summed E-state index contributed by atoms with van der Waals surface area (Å²) in [5.74, 6) is 1.79. The van der Waals surface area contributed by atoms with E-state index in [0.717, 1.165) is 43.1 Å². The number of rotatable bonds is 2. The summed E-state index contributed by atoms with van der Waals surface area (Å²) in [7, 11) is 0. The normalized spacial score (nSPS) is 13.8. The standard InChI is InChI=1S/C14H15N5O/c1-10-5-6-11(8-15)14(20)19(10)9-13-17-16-12-4-2-3-7-18(12)13/h5-6H,2-4,7,9H2,1H3. The molecule has 0 bridgehead atoms. The lowest BCUT2D eigenvalue weighted by Crippen LogP contribution is -2.26. The molecule has 6 nitrogen and oxygen atoms in total. The van der Waals surface area contributed by atoms with Gasteiger partial charge in [-0.05, 0) is 31.9 Å². The molecule has 6 heteroatoms. The average molecular weight is 269 g/mol. The maximum absolute atomic E-state index is 12.2. The molecule has 0 atom stereocenters. The van der Waals surface area contributed by atoms with E-state index in [0.29, 0.717) is 6.54 Å². The van der Waals surface area contributed by atoms with Crippen molar-refractivity contribution in [1.29, 1.82) is 5.26 Å². The molecule has 20 heavy (non-hydrogen) atoms. The molecule has 0 unspecified atom stereocenters. The lowest BCUT2D eigenvalue weighted by atomic mass is 10.1. The summed E-state index contributed by atoms with van der Waals surface area (Å²) in [4.78, 5) is 12.2. The third-order valence-electron chi connectivity index (χ3n) is 3.75. The Bertz CT molecular complexity index is 750. The Morgan fingerprint density at radius 2 is 2.20 bits per heavy atom. The second kappa shape index (κ2) is 4.93. The number of pyridine rings is 1. The number of fused-ring (bicyclic) bond motifs is 1. The first kappa shape index (κ1) is 12.6. The number of aryl methyl sites for hydroxylation is 2. The highest BCUT2D eigenvalue weighted by atomic mass is 16.1. The maximum atomic E-state index is 12.2. The lowest BCUT2D eigenvalue weighted by molar-refractivity contribution is 0.499. The Balaban J connectivity index is 2.02. The van der Waals surface area contributed by atoms with Gasteiger partial charge in [0.2, 0.25) is 0 Å². The van der Waals surface area contributed by atoms with E-state index in [1.54, 1.807) is 16.7 Å². The van der Waals surface area contributed by atoms with Crippen molar-refractivity contribution in [2.45, 2.75) is 39.3 Å². The maximum Gasteiger partial charge on any atom is 0.269 e. The van der Waals surface area contributed by atoms with Gasteiger partial charge in [-0.15, -0.1) is 10.2 Å². The van der Waals surface area contributed by atoms with Crippen LogP contribution in [0, 0.1) is 18.3 Å². The van der Waals surface area contributed by atoms with Crippen molar-refractivity contribution in [2.24, 2.45) is 0 Å². The molecule has 0 N–H and O–H groups in total. The fourth-order valence-electron chi connectivity index (χ4n) is 2.58. The van der Waals surface area contributed by atoms with E-state index >= 15 is 0 Å². The van der Waals surface area contributed by atoms with Gasteiger partial charge in [0.05, 0.1) is 6.54 Å². The summed E-state index contributed by atoms with van der Waals surface area (Å²) < 4.78 is 3.68. The second-order valence-corrected chi connectivity index (χ2v) is 5.03. The van der Waals surface area contributed by atoms with Gasteiger partial charge in [0, 0.05) is 18.7 Å². The summed E-state index contributed by atoms with van der Waals surface area (Å²) in [6.07, 6.45) is 3.20. The summed E-state index contributed by atoms with van der Waals surface area (Å²) in [6.45, 7) is 3.13. The topological polar surface area (TPSA) is 76.5 Å². The monoisotopic (exact) mass is 269 g/mol. The van der Waals surface area contributed by atoms with Gasteiger partial charge in [0.25, 0.3) is 5.56 Å². The molecule has 3 rings (SSSR count). The van der Waals surface area contributed by atoms with Gasteiger partial charge < -0.3 is 9.13 Å². The van der Waals surface area contributed by atoms with Crippen LogP contribution < -0.4 is 5.56 Å². The number of hydrogen-bond donors (Lipinski definition) is 0. The Kier molecular flexibility index (Phi) is 3.11. The fourth-order valence-corrected chi connectivity index (χ4v) is 2.58. The summed E-state index contributed by atoms with van der Waals surface area (Å²) in [5, 5.41) is 17.3. The summed E-state index contributed by atoms with van der Waals surface area (Å²) in [5.41, 5.74) is 0.719. The van der Waals surface area contributed by atoms with E-state index in [4.69, 9.17) is 5.26 Å². The van der Waals surface area contributed by atoms with E-state index in [9.17, 15) is 4.79 Å². The molecule has 1 aliphatic heterocycles. The van der Waals surface area contributed by atoms with Crippen LogP contribution in [0.15, 0.2) is 16.9 Å². The Hall–Kier alpha value is -2.42. The minimum Gasteiger partial charge on any atom is -0.313 e. The molecule has 0 saturated carbocycles. The van der Waals surface area contributed by atoms with Crippen molar-refractivity contribution in [1.82, 2.24) is 19.3 Å². The lowest BCUT2D eigenvalue weighted by Gasteiger charge is -2.16. The van der Waals surface area contributed by atoms with Crippen LogP contribution in [-0.4, -0.2) is 19.3 Å². The smallest absolute Gasteiger partial charge is 0.269 e. The Morgan fingerprint density at radius 1 is 1.35 bits per heavy atom. The SMILES string of the molecule is Cc1ccc(C#N)c(=O)n1Cc1nnc2n1CCCC2. The van der Waals surface area contributed by atoms with E-state index in [-0.39, 0.29) is 11.1 Å². The zero-order valence-electron chi connectivity index (χ0n) is 11.3. The van der Waals surface area contributed by atoms with Crippen molar-refractivity contribution in [2.75, 3.05) is 0 Å². The van der Waals surface area contributed by atoms with Gasteiger partial charge in [0.1, 0.15) is 17.5 Å². The van der Waals surface area contributed by atoms with Crippen LogP contribution in [0.1, 0.15) is 35.7 Å². The third kappa shape index (κ3) is 2.01. The number of hydrogen-bond acceptors (Lipinski definition) is 4. The van der Waals surface area contributed by atoms with Crippen LogP contribution >= 0.6 is 0 Å². The predicted octanol–water partition coefficient (Wildman–Crippen LogP) is 1.00. The van der Waals surface area contributed by atoms with Crippen LogP contribution in [0.2, 0.25) is 0 Å². The molecule has 102 valence electrons. The molecule has 3 heterocycles. The molecule has 0 spiro atoms. The van der Waals surface area contributed by atoms with E-state index in [2.05, 4.69) is 14.8 Å². The molecule has 0 aliphatic carbocycles. The molecular weight excluding hydrogens is 254 g/mol. The first-order valence-electron chi connectivity index (χ1n) is 6.72. The minimum absolute atomic E-state index is 0.161. The molecule has 0 fully saturated rings. The molecular formula is C14H15N5O. The zero-order valence-corrected chi connectivity index (χ0v) is 11.3. The van der Waals surface area contributed by atoms with Crippen molar-refractivity contribution in [3.63, 3.8) is 0 Å². The quantitative estimate of drug-likeness (QED) is 0.815. The molecule has 0 aromatic carbocycles. The Morgan fingerprint density at radius 3 is 3.00 bits per heavy atom. The van der Waals surface area contributed by atoms with Gasteiger partial charge in [-0.25, -0.2) is 0 Å².